The molecule has 6 heteroatoms. The van der Waals surface area contributed by atoms with Crippen molar-refractivity contribution in [1.29, 1.82) is 0 Å². The molecule has 4 bridgehead atoms. The second kappa shape index (κ2) is 6.20. The van der Waals surface area contributed by atoms with E-state index in [-0.39, 0.29) is 5.41 Å². The summed E-state index contributed by atoms with van der Waals surface area (Å²) < 4.78 is 0. The highest BCUT2D eigenvalue weighted by Gasteiger charge is 2.57. The van der Waals surface area contributed by atoms with Gasteiger partial charge in [0, 0.05) is 44.2 Å². The quantitative estimate of drug-likeness (QED) is 0.883. The van der Waals surface area contributed by atoms with Gasteiger partial charge >= 0.3 is 0 Å². The van der Waals surface area contributed by atoms with E-state index in [1.54, 1.807) is 11.3 Å². The molecule has 1 N–H and O–H groups in total. The number of aromatic nitrogens is 1. The van der Waals surface area contributed by atoms with Gasteiger partial charge in [0.05, 0.1) is 5.60 Å². The summed E-state index contributed by atoms with van der Waals surface area (Å²) in [5.41, 5.74) is -0.387. The Morgan fingerprint density at radius 1 is 1.19 bits per heavy atom. The second-order valence-corrected chi connectivity index (χ2v) is 10.3. The normalized spacial score (nSPS) is 39.3. The van der Waals surface area contributed by atoms with Crippen LogP contribution in [0.15, 0.2) is 11.6 Å². The maximum Gasteiger partial charge on any atom is 0.223 e. The predicted molar refractivity (Wildman–Crippen MR) is 102 cm³/mol. The molecule has 2 heterocycles. The number of aliphatic hydroxyl groups is 1. The van der Waals surface area contributed by atoms with Crippen molar-refractivity contribution in [1.82, 2.24) is 9.88 Å². The standard InChI is InChI=1S/C20H29N3O2S/c24-17(22-3-1-4-23(6-5-22)18-21-2-7-26-18)13-19-9-15-8-16(10-19)12-20(25,11-15)14-19/h2,7,15-16,25H,1,3-6,8-14H2/t15-,16-,19?,20?/m1/s1. The number of hydrogen-bond donors (Lipinski definition) is 1. The van der Waals surface area contributed by atoms with E-state index < -0.39 is 5.60 Å². The molecule has 0 radical (unpaired) electrons. The van der Waals surface area contributed by atoms with Gasteiger partial charge in [0.15, 0.2) is 5.13 Å². The highest BCUT2D eigenvalue weighted by atomic mass is 32.1. The minimum absolute atomic E-state index is 0.0806. The van der Waals surface area contributed by atoms with E-state index in [9.17, 15) is 9.90 Å². The summed E-state index contributed by atoms with van der Waals surface area (Å²) in [5, 5.41) is 14.0. The monoisotopic (exact) mass is 375 g/mol. The zero-order valence-corrected chi connectivity index (χ0v) is 16.2. The number of rotatable bonds is 3. The number of anilines is 1. The molecule has 5 nitrogen and oxygen atoms in total. The number of amides is 1. The van der Waals surface area contributed by atoms with Crippen molar-refractivity contribution in [3.8, 4) is 0 Å². The fraction of sp³-hybridized carbons (Fsp3) is 0.800. The van der Waals surface area contributed by atoms with E-state index in [2.05, 4.69) is 14.8 Å². The van der Waals surface area contributed by atoms with Crippen LogP contribution in [0.3, 0.4) is 0 Å². The maximum absolute atomic E-state index is 13.1. The molecule has 1 aromatic rings. The van der Waals surface area contributed by atoms with E-state index in [0.29, 0.717) is 24.2 Å². The molecule has 4 saturated carbocycles. The summed E-state index contributed by atoms with van der Waals surface area (Å²) in [6, 6.07) is 0. The lowest BCUT2D eigenvalue weighted by atomic mass is 9.47. The average molecular weight is 376 g/mol. The molecule has 1 saturated heterocycles. The second-order valence-electron chi connectivity index (χ2n) is 9.40. The molecular weight excluding hydrogens is 346 g/mol. The Bertz CT molecular complexity index is 663. The van der Waals surface area contributed by atoms with E-state index in [0.717, 1.165) is 69.8 Å². The minimum atomic E-state index is -0.467. The lowest BCUT2D eigenvalue weighted by Gasteiger charge is -2.60. The SMILES string of the molecule is O=C(CC12C[C@H]3C[C@@H](CC(O)(C3)C1)C2)N1CCCN(c2nccs2)CC1. The highest BCUT2D eigenvalue weighted by molar-refractivity contribution is 7.13. The van der Waals surface area contributed by atoms with E-state index in [1.807, 2.05) is 11.6 Å². The highest BCUT2D eigenvalue weighted by Crippen LogP contribution is 2.62. The molecule has 1 aliphatic heterocycles. The van der Waals surface area contributed by atoms with E-state index >= 15 is 0 Å². The first-order chi connectivity index (χ1) is 12.5. The number of thiazole rings is 1. The van der Waals surface area contributed by atoms with Crippen molar-refractivity contribution < 1.29 is 9.90 Å². The summed E-state index contributed by atoms with van der Waals surface area (Å²) in [6.45, 7) is 3.51. The van der Waals surface area contributed by atoms with E-state index in [1.165, 1.54) is 6.42 Å². The van der Waals surface area contributed by atoms with E-state index in [4.69, 9.17) is 0 Å². The van der Waals surface area contributed by atoms with Crippen molar-refractivity contribution in [2.75, 3.05) is 31.1 Å². The van der Waals surface area contributed by atoms with Crippen LogP contribution in [0.25, 0.3) is 0 Å². The molecule has 26 heavy (non-hydrogen) atoms. The van der Waals surface area contributed by atoms with Crippen LogP contribution in [0.5, 0.6) is 0 Å². The smallest absolute Gasteiger partial charge is 0.223 e. The molecule has 1 amide bonds. The van der Waals surface area contributed by atoms with Crippen molar-refractivity contribution in [3.63, 3.8) is 0 Å². The minimum Gasteiger partial charge on any atom is -0.390 e. The summed E-state index contributed by atoms with van der Waals surface area (Å²) in [4.78, 5) is 22.0. The third-order valence-corrected chi connectivity index (χ3v) is 8.05. The molecule has 1 aromatic heterocycles. The Kier molecular flexibility index (Phi) is 4.05. The molecule has 142 valence electrons. The maximum atomic E-state index is 13.1. The predicted octanol–water partition coefficient (Wildman–Crippen LogP) is 2.90. The van der Waals surface area contributed by atoms with Crippen LogP contribution < -0.4 is 4.90 Å². The first kappa shape index (κ1) is 17.0. The number of nitrogens with zero attached hydrogens (tertiary/aromatic N) is 3. The lowest BCUT2D eigenvalue weighted by Crippen LogP contribution is -2.56. The first-order valence-corrected chi connectivity index (χ1v) is 11.1. The van der Waals surface area contributed by atoms with Crippen LogP contribution in [0, 0.1) is 17.3 Å². The van der Waals surface area contributed by atoms with Gasteiger partial charge in [-0.05, 0) is 62.2 Å². The van der Waals surface area contributed by atoms with Gasteiger partial charge in [-0.15, -0.1) is 11.3 Å². The Labute approximate surface area is 159 Å². The van der Waals surface area contributed by atoms with Gasteiger partial charge in [-0.25, -0.2) is 4.98 Å². The summed E-state index contributed by atoms with van der Waals surface area (Å²) in [7, 11) is 0. The third-order valence-electron chi connectivity index (χ3n) is 7.22. The molecular formula is C20H29N3O2S. The fourth-order valence-corrected chi connectivity index (χ4v) is 7.47. The summed E-state index contributed by atoms with van der Waals surface area (Å²) in [6.07, 6.45) is 9.94. The zero-order valence-electron chi connectivity index (χ0n) is 15.4. The molecule has 2 atom stereocenters. The van der Waals surface area contributed by atoms with Crippen molar-refractivity contribution in [3.05, 3.63) is 11.6 Å². The first-order valence-electron chi connectivity index (χ1n) is 10.2. The van der Waals surface area contributed by atoms with Crippen molar-refractivity contribution >= 4 is 22.4 Å². The lowest BCUT2D eigenvalue weighted by molar-refractivity contribution is -0.172. The van der Waals surface area contributed by atoms with Crippen LogP contribution in [0.4, 0.5) is 5.13 Å². The van der Waals surface area contributed by atoms with Crippen LogP contribution in [0.1, 0.15) is 51.4 Å². The molecule has 4 aliphatic carbocycles. The zero-order chi connectivity index (χ0) is 17.8. The van der Waals surface area contributed by atoms with Gasteiger partial charge in [-0.3, -0.25) is 4.79 Å². The van der Waals surface area contributed by atoms with Crippen LogP contribution in [-0.2, 0) is 4.79 Å². The Morgan fingerprint density at radius 2 is 2.00 bits per heavy atom. The van der Waals surface area contributed by atoms with Crippen molar-refractivity contribution in [2.24, 2.45) is 17.3 Å². The Morgan fingerprint density at radius 3 is 2.69 bits per heavy atom. The molecule has 6 rings (SSSR count). The van der Waals surface area contributed by atoms with Gasteiger partial charge in [0.1, 0.15) is 0 Å². The molecule has 5 aliphatic rings. The summed E-state index contributed by atoms with van der Waals surface area (Å²) in [5.74, 6) is 1.62. The van der Waals surface area contributed by atoms with Gasteiger partial charge in [-0.2, -0.15) is 0 Å². The van der Waals surface area contributed by atoms with Gasteiger partial charge in [0.2, 0.25) is 5.91 Å². The van der Waals surface area contributed by atoms with Crippen LogP contribution in [0.2, 0.25) is 0 Å². The molecule has 5 fully saturated rings. The van der Waals surface area contributed by atoms with Gasteiger partial charge in [-0.1, -0.05) is 0 Å². The fourth-order valence-electron chi connectivity index (χ4n) is 6.77. The number of hydrogen-bond acceptors (Lipinski definition) is 5. The largest absolute Gasteiger partial charge is 0.390 e. The summed E-state index contributed by atoms with van der Waals surface area (Å²) >= 11 is 1.68. The molecule has 0 aromatic carbocycles. The number of carbonyl (C=O) groups excluding carboxylic acids is 1. The van der Waals surface area contributed by atoms with Crippen LogP contribution >= 0.6 is 11.3 Å². The van der Waals surface area contributed by atoms with Crippen LogP contribution in [-0.4, -0.2) is 52.7 Å². The van der Waals surface area contributed by atoms with Crippen molar-refractivity contribution in [2.45, 2.75) is 57.0 Å². The third kappa shape index (κ3) is 3.05. The number of carbonyl (C=O) groups is 1. The molecule has 0 spiro atoms. The van der Waals surface area contributed by atoms with Gasteiger partial charge < -0.3 is 14.9 Å². The molecule has 0 unspecified atom stereocenters. The topological polar surface area (TPSA) is 56.7 Å². The van der Waals surface area contributed by atoms with Gasteiger partial charge in [0.25, 0.3) is 0 Å². The Balaban J connectivity index is 1.25. The Hall–Kier alpha value is -1.14. The average Bonchev–Trinajstić information content (AvgIpc) is 2.96.